The fraction of sp³-hybridized carbons (Fsp3) is 0.818. The highest BCUT2D eigenvalue weighted by atomic mass is 16.6. The number of nitrogens with one attached hydrogen (secondary N) is 2. The van der Waals surface area contributed by atoms with Crippen LogP contribution in [0.5, 0.6) is 0 Å². The summed E-state index contributed by atoms with van der Waals surface area (Å²) in [4.78, 5) is 25.5. The molecule has 0 radical (unpaired) electrons. The lowest BCUT2D eigenvalue weighted by Crippen LogP contribution is -2.57. The van der Waals surface area contributed by atoms with Gasteiger partial charge in [-0.3, -0.25) is 0 Å². The number of ether oxygens (including phenoxy) is 2. The van der Waals surface area contributed by atoms with Gasteiger partial charge in [0.15, 0.2) is 0 Å². The van der Waals surface area contributed by atoms with Crippen molar-refractivity contribution >= 4 is 148 Å². The molecule has 8 fully saturated rings. The van der Waals surface area contributed by atoms with Crippen LogP contribution in [0, 0.1) is 0 Å². The fourth-order valence-corrected chi connectivity index (χ4v) is 10.0. The first kappa shape index (κ1) is 23.6. The maximum absolute atomic E-state index is 12.8. The van der Waals surface area contributed by atoms with Crippen LogP contribution in [0.3, 0.4) is 0 Å². The summed E-state index contributed by atoms with van der Waals surface area (Å²) in [7, 11) is 21.3. The number of alkyl carbamates (subject to hydrolysis) is 2. The van der Waals surface area contributed by atoms with Crippen LogP contribution in [-0.4, -0.2) is 172 Å². The van der Waals surface area contributed by atoms with Crippen molar-refractivity contribution in [2.24, 2.45) is 0 Å². The van der Waals surface area contributed by atoms with Crippen molar-refractivity contribution in [3.05, 3.63) is 0 Å². The molecule has 0 atom stereocenters. The highest BCUT2D eigenvalue weighted by Gasteiger charge is 2.89. The van der Waals surface area contributed by atoms with Gasteiger partial charge in [0.1, 0.15) is 52.7 Å². The zero-order valence-corrected chi connectivity index (χ0v) is 22.7. The molecule has 6 nitrogen and oxygen atoms in total. The summed E-state index contributed by atoms with van der Waals surface area (Å²) in [6, 6.07) is 0. The molecule has 2 amide bonds. The predicted molar refractivity (Wildman–Crippen MR) is 183 cm³/mol. The monoisotopic (exact) mass is 458 g/mol. The van der Waals surface area contributed by atoms with E-state index in [4.69, 9.17) is 9.47 Å². The largest absolute Gasteiger partial charge is 0.470 e. The maximum atomic E-state index is 12.8. The van der Waals surface area contributed by atoms with Crippen molar-refractivity contribution in [3.8, 4) is 0 Å². The maximum Gasteiger partial charge on any atom is 0.405 e. The summed E-state index contributed by atoms with van der Waals surface area (Å²) in [5, 5.41) is 7.09. The molecule has 0 aromatic heterocycles. The van der Waals surface area contributed by atoms with Crippen LogP contribution < -0.4 is 10.6 Å². The molecule has 36 heavy (non-hydrogen) atoms. The van der Waals surface area contributed by atoms with Crippen molar-refractivity contribution in [1.29, 1.82) is 0 Å². The van der Waals surface area contributed by atoms with Gasteiger partial charge in [-0.05, 0) is 5.82 Å². The molecular weight excluding hydrogens is 430 g/mol. The summed E-state index contributed by atoms with van der Waals surface area (Å²) in [5.74, 6) is 0.0947. The predicted octanol–water partition coefficient (Wildman–Crippen LogP) is -11.9. The number of fused-ring (bicyclic) bond motifs is 4. The van der Waals surface area contributed by atoms with Crippen LogP contribution in [0.4, 0.5) is 9.59 Å². The lowest BCUT2D eigenvalue weighted by molar-refractivity contribution is 0.139. The smallest absolute Gasteiger partial charge is 0.405 e. The first-order chi connectivity index (χ1) is 16.9. The number of carbonyl (C=O) groups is 2. The third kappa shape index (κ3) is 3.37. The number of hydrogen-bond acceptors (Lipinski definition) is 4. The molecule has 2 N–H and O–H groups in total. The van der Waals surface area contributed by atoms with Crippen LogP contribution in [-0.2, 0) is 9.47 Å². The van der Waals surface area contributed by atoms with E-state index in [1.54, 1.807) is 0 Å². The zero-order chi connectivity index (χ0) is 25.1. The molecular formula is C11H25B19N2O4. The van der Waals surface area contributed by atoms with Gasteiger partial charge in [0.25, 0.3) is 0 Å². The summed E-state index contributed by atoms with van der Waals surface area (Å²) in [6.07, 6.45) is -0.644. The molecule has 25 heteroatoms. The van der Waals surface area contributed by atoms with Crippen molar-refractivity contribution in [2.75, 3.05) is 13.1 Å². The lowest BCUT2D eigenvalue weighted by atomic mass is 9.07. The van der Waals surface area contributed by atoms with Crippen molar-refractivity contribution in [1.82, 2.24) is 10.6 Å². The first-order valence-corrected chi connectivity index (χ1v) is 14.8. The van der Waals surface area contributed by atoms with E-state index in [0.717, 1.165) is 26.0 Å². The molecule has 0 unspecified atom stereocenters. The summed E-state index contributed by atoms with van der Waals surface area (Å²) in [6.45, 7) is 5.62. The first-order valence-electron chi connectivity index (χ1n) is 14.8. The summed E-state index contributed by atoms with van der Waals surface area (Å²) in [5.41, 5.74) is 0. The molecule has 8 saturated heterocycles. The second-order valence-electron chi connectivity index (χ2n) is 16.1. The molecule has 0 bridgehead atoms. The van der Waals surface area contributed by atoms with Gasteiger partial charge in [-0.1, -0.05) is 0 Å². The van der Waals surface area contributed by atoms with Crippen LogP contribution in [0.1, 0.15) is 0 Å². The molecule has 8 aliphatic rings. The topological polar surface area (TPSA) is 76.7 Å². The Labute approximate surface area is 226 Å². The fourth-order valence-electron chi connectivity index (χ4n) is 10.0. The number of carbonyl (C=O) groups excluding carboxylic acids is 2. The molecule has 0 spiro atoms. The summed E-state index contributed by atoms with van der Waals surface area (Å²) >= 11 is 0. The van der Waals surface area contributed by atoms with Crippen LogP contribution in [0.15, 0.2) is 0 Å². The van der Waals surface area contributed by atoms with E-state index < -0.39 is 10.6 Å². The number of hydrogen-bond donors (Lipinski definition) is 2. The Hall–Kier alpha value is -0.226. The van der Waals surface area contributed by atoms with E-state index in [9.17, 15) is 9.59 Å². The van der Waals surface area contributed by atoms with Gasteiger partial charge in [0.05, 0.1) is 83.3 Å². The lowest BCUT2D eigenvalue weighted by Gasteiger charge is -2.39. The third-order valence-corrected chi connectivity index (χ3v) is 12.6. The van der Waals surface area contributed by atoms with Gasteiger partial charge in [-0.25, -0.2) is 9.59 Å². The second-order valence-corrected chi connectivity index (χ2v) is 16.1. The number of rotatable bonds is 12. The van der Waals surface area contributed by atoms with Crippen LogP contribution in [0.2, 0.25) is 25.9 Å². The van der Waals surface area contributed by atoms with Crippen LogP contribution >= 0.6 is 0 Å². The molecule has 0 aromatic carbocycles. The molecule has 160 valence electrons. The number of amides is 2. The van der Waals surface area contributed by atoms with Crippen molar-refractivity contribution in [3.63, 3.8) is 0 Å². The van der Waals surface area contributed by atoms with E-state index >= 15 is 0 Å². The molecule has 8 heterocycles. The van der Waals surface area contributed by atoms with Gasteiger partial charge < -0.3 is 20.1 Å². The standard InChI is InChI=1S/C11H25B19N2O4/c12-3(1-31-4(33)35-6(13,14)25(8-17-27(8)18-8)9-19-28(9)20-9)2-32-5(34)36-7(15,16)26(10-21-29(10)22-10)11-23-30(11)24-11/h3,17-24H,1-2,12-16H2,(H,31,33)(H,32,34). The van der Waals surface area contributed by atoms with Crippen molar-refractivity contribution in [2.45, 2.75) is 36.5 Å². The highest BCUT2D eigenvalue weighted by Crippen LogP contribution is 2.75. The van der Waals surface area contributed by atoms with Gasteiger partial charge in [-0.15, -0.1) is 20.0 Å². The molecule has 8 rings (SSSR count). The zero-order valence-electron chi connectivity index (χ0n) is 22.7. The highest BCUT2D eigenvalue weighted by molar-refractivity contribution is 7.90. The van der Waals surface area contributed by atoms with Gasteiger partial charge in [0, 0.05) is 23.7 Å². The SMILES string of the molecule is BC(CNC(=O)OC(B)(B)B(C12BB1B2)C12BB1B2)CNC(=O)OC(B)(B)B(C12BB1B2)C12BB1B2. The average molecular weight is 455 g/mol. The van der Waals surface area contributed by atoms with Crippen molar-refractivity contribution < 1.29 is 19.1 Å². The summed E-state index contributed by atoms with van der Waals surface area (Å²) < 4.78 is 12.2. The molecule has 0 aliphatic carbocycles. The minimum Gasteiger partial charge on any atom is -0.470 e. The van der Waals surface area contributed by atoms with E-state index in [0.29, 0.717) is 46.6 Å². The Morgan fingerprint density at radius 3 is 1.17 bits per heavy atom. The van der Waals surface area contributed by atoms with Gasteiger partial charge in [0.2, 0.25) is 0 Å². The Bertz CT molecular complexity index is 938. The van der Waals surface area contributed by atoms with Gasteiger partial charge >= 0.3 is 12.2 Å². The Kier molecular flexibility index (Phi) is 4.42. The molecule has 0 aromatic rings. The Morgan fingerprint density at radius 1 is 0.694 bits per heavy atom. The van der Waals surface area contributed by atoms with E-state index in [1.807, 2.05) is 7.85 Å². The minimum atomic E-state index is -0.419. The second kappa shape index (κ2) is 6.73. The van der Waals surface area contributed by atoms with E-state index in [-0.39, 0.29) is 18.0 Å². The quantitative estimate of drug-likeness (QED) is 0.287. The Balaban J connectivity index is 0.802. The third-order valence-electron chi connectivity index (χ3n) is 12.6. The van der Waals surface area contributed by atoms with E-state index in [1.165, 1.54) is 57.4 Å². The molecule has 8 aliphatic heterocycles. The normalized spacial score (nSPS) is 25.6. The van der Waals surface area contributed by atoms with Gasteiger partial charge in [-0.2, -0.15) is 0 Å². The minimum absolute atomic E-state index is 0.0947. The van der Waals surface area contributed by atoms with Crippen LogP contribution in [0.25, 0.3) is 0 Å². The molecule has 0 saturated carbocycles. The van der Waals surface area contributed by atoms with E-state index in [2.05, 4.69) is 42.0 Å². The average Bonchev–Trinajstić information content (AvgIpc) is 3.41. The Morgan fingerprint density at radius 2 is 0.944 bits per heavy atom.